The van der Waals surface area contributed by atoms with E-state index in [2.05, 4.69) is 15.4 Å². The van der Waals surface area contributed by atoms with Gasteiger partial charge in [-0.2, -0.15) is 0 Å². The first-order valence-corrected chi connectivity index (χ1v) is 13.0. The van der Waals surface area contributed by atoms with Crippen LogP contribution in [0.4, 0.5) is 11.4 Å². The molecule has 33 heavy (non-hydrogen) atoms. The van der Waals surface area contributed by atoms with Gasteiger partial charge in [-0.15, -0.1) is 11.3 Å². The van der Waals surface area contributed by atoms with Crippen LogP contribution >= 0.6 is 11.3 Å². The summed E-state index contributed by atoms with van der Waals surface area (Å²) in [5.74, 6) is -0.303. The molecular formula is C24H25N3O4S2. The van der Waals surface area contributed by atoms with Gasteiger partial charge < -0.3 is 10.6 Å². The summed E-state index contributed by atoms with van der Waals surface area (Å²) < 4.78 is 28.3. The highest BCUT2D eigenvalue weighted by Crippen LogP contribution is 2.30. The van der Waals surface area contributed by atoms with Gasteiger partial charge in [-0.3, -0.25) is 14.3 Å². The number of amides is 2. The van der Waals surface area contributed by atoms with E-state index in [-0.39, 0.29) is 27.6 Å². The third-order valence-corrected chi connectivity index (χ3v) is 7.87. The fraction of sp³-hybridized carbons (Fsp3) is 0.250. The second kappa shape index (κ2) is 9.36. The van der Waals surface area contributed by atoms with Crippen molar-refractivity contribution >= 4 is 44.5 Å². The van der Waals surface area contributed by atoms with E-state index < -0.39 is 15.9 Å². The molecule has 1 heterocycles. The Hall–Kier alpha value is -3.17. The smallest absolute Gasteiger partial charge is 0.263 e. The van der Waals surface area contributed by atoms with Crippen molar-refractivity contribution in [3.63, 3.8) is 0 Å². The number of hydrogen-bond donors (Lipinski definition) is 3. The molecule has 1 saturated carbocycles. The molecule has 1 unspecified atom stereocenters. The van der Waals surface area contributed by atoms with Gasteiger partial charge in [-0.1, -0.05) is 29.8 Å². The van der Waals surface area contributed by atoms with E-state index in [0.717, 1.165) is 35.3 Å². The summed E-state index contributed by atoms with van der Waals surface area (Å²) in [6, 6.07) is 15.3. The van der Waals surface area contributed by atoms with Gasteiger partial charge in [0.2, 0.25) is 5.91 Å². The molecule has 0 saturated heterocycles. The Morgan fingerprint density at radius 2 is 1.61 bits per heavy atom. The zero-order valence-corrected chi connectivity index (χ0v) is 19.9. The summed E-state index contributed by atoms with van der Waals surface area (Å²) >= 11 is 1.07. The van der Waals surface area contributed by atoms with Gasteiger partial charge in [-0.25, -0.2) is 8.42 Å². The van der Waals surface area contributed by atoms with Crippen molar-refractivity contribution in [2.75, 3.05) is 10.0 Å². The maximum Gasteiger partial charge on any atom is 0.263 e. The number of anilines is 2. The zero-order valence-electron chi connectivity index (χ0n) is 18.3. The first-order valence-electron chi connectivity index (χ1n) is 10.6. The Morgan fingerprint density at radius 1 is 0.970 bits per heavy atom. The van der Waals surface area contributed by atoms with Crippen molar-refractivity contribution < 1.29 is 18.0 Å². The highest BCUT2D eigenvalue weighted by molar-refractivity contribution is 7.93. The Bertz CT molecular complexity index is 1260. The molecule has 0 aliphatic heterocycles. The van der Waals surface area contributed by atoms with Gasteiger partial charge >= 0.3 is 0 Å². The van der Waals surface area contributed by atoms with E-state index in [1.165, 1.54) is 6.07 Å². The van der Waals surface area contributed by atoms with Gasteiger partial charge in [0.05, 0.1) is 6.04 Å². The lowest BCUT2D eigenvalue weighted by molar-refractivity contribution is -0.117. The normalized spacial score (nSPS) is 14.4. The molecule has 172 valence electrons. The van der Waals surface area contributed by atoms with E-state index in [9.17, 15) is 18.0 Å². The minimum Gasteiger partial charge on any atom is -0.345 e. The predicted molar refractivity (Wildman–Crippen MR) is 130 cm³/mol. The lowest BCUT2D eigenvalue weighted by Crippen LogP contribution is -2.27. The van der Waals surface area contributed by atoms with Crippen LogP contribution in [0.5, 0.6) is 0 Å². The fourth-order valence-corrected chi connectivity index (χ4v) is 5.69. The average Bonchev–Trinajstić information content (AvgIpc) is 3.51. The molecule has 9 heteroatoms. The molecule has 1 atom stereocenters. The number of aryl methyl sites for hydroxylation is 1. The Balaban J connectivity index is 1.43. The predicted octanol–water partition coefficient (Wildman–Crippen LogP) is 4.70. The third kappa shape index (κ3) is 5.61. The molecule has 0 radical (unpaired) electrons. The number of rotatable bonds is 8. The van der Waals surface area contributed by atoms with Crippen molar-refractivity contribution in [3.05, 3.63) is 76.0 Å². The van der Waals surface area contributed by atoms with Crippen molar-refractivity contribution in [2.45, 2.75) is 37.6 Å². The van der Waals surface area contributed by atoms with Crippen LogP contribution in [0.1, 0.15) is 46.6 Å². The number of benzene rings is 2. The number of thiophene rings is 1. The monoisotopic (exact) mass is 483 g/mol. The third-order valence-electron chi connectivity index (χ3n) is 5.40. The molecular weight excluding hydrogens is 458 g/mol. The number of hydrogen-bond acceptors (Lipinski definition) is 5. The highest BCUT2D eigenvalue weighted by atomic mass is 32.2. The minimum absolute atomic E-state index is 0.0368. The SMILES string of the molecule is Cc1ccc(NS(=O)(=O)c2ccsc2C(=O)NC(C)c2ccc(NC(=O)C3CC3)cc2)cc1. The first kappa shape index (κ1) is 23.0. The largest absolute Gasteiger partial charge is 0.345 e. The topological polar surface area (TPSA) is 104 Å². The minimum atomic E-state index is -3.92. The van der Waals surface area contributed by atoms with E-state index in [0.29, 0.717) is 11.4 Å². The maximum atomic E-state index is 12.9. The van der Waals surface area contributed by atoms with Crippen LogP contribution in [0.25, 0.3) is 0 Å². The van der Waals surface area contributed by atoms with Crippen LogP contribution in [-0.4, -0.2) is 20.2 Å². The summed E-state index contributed by atoms with van der Waals surface area (Å²) in [5.41, 5.74) is 3.00. The molecule has 0 bridgehead atoms. The number of carbonyl (C=O) groups is 2. The first-order chi connectivity index (χ1) is 15.7. The maximum absolute atomic E-state index is 12.9. The Labute approximate surface area is 197 Å². The van der Waals surface area contributed by atoms with Gasteiger partial charge in [0.15, 0.2) is 0 Å². The Morgan fingerprint density at radius 3 is 2.24 bits per heavy atom. The van der Waals surface area contributed by atoms with E-state index >= 15 is 0 Å². The van der Waals surface area contributed by atoms with Crippen LogP contribution < -0.4 is 15.4 Å². The van der Waals surface area contributed by atoms with Crippen LogP contribution in [0.2, 0.25) is 0 Å². The van der Waals surface area contributed by atoms with Crippen LogP contribution in [0.3, 0.4) is 0 Å². The molecule has 1 aromatic heterocycles. The molecule has 1 fully saturated rings. The Kier molecular flexibility index (Phi) is 6.53. The molecule has 3 aromatic rings. The van der Waals surface area contributed by atoms with E-state index in [1.807, 2.05) is 38.1 Å². The molecule has 2 amide bonds. The lowest BCUT2D eigenvalue weighted by Gasteiger charge is -2.15. The number of sulfonamides is 1. The second-order valence-corrected chi connectivity index (χ2v) is 10.7. The molecule has 7 nitrogen and oxygen atoms in total. The summed E-state index contributed by atoms with van der Waals surface area (Å²) in [5, 5.41) is 7.33. The van der Waals surface area contributed by atoms with Gasteiger partial charge in [0.25, 0.3) is 15.9 Å². The van der Waals surface area contributed by atoms with Crippen molar-refractivity contribution in [2.24, 2.45) is 5.92 Å². The summed E-state index contributed by atoms with van der Waals surface area (Å²) in [7, 11) is -3.92. The lowest BCUT2D eigenvalue weighted by atomic mass is 10.1. The molecule has 2 aromatic carbocycles. The van der Waals surface area contributed by atoms with Crippen LogP contribution in [0, 0.1) is 12.8 Å². The fourth-order valence-electron chi connectivity index (χ4n) is 3.30. The van der Waals surface area contributed by atoms with Gasteiger partial charge in [-0.05, 0) is 68.0 Å². The van der Waals surface area contributed by atoms with Crippen LogP contribution in [0.15, 0.2) is 64.9 Å². The zero-order chi connectivity index (χ0) is 23.6. The van der Waals surface area contributed by atoms with Crippen molar-refractivity contribution in [1.29, 1.82) is 0 Å². The molecule has 1 aliphatic carbocycles. The van der Waals surface area contributed by atoms with Crippen LogP contribution in [-0.2, 0) is 14.8 Å². The molecule has 4 rings (SSSR count). The average molecular weight is 484 g/mol. The molecule has 0 spiro atoms. The molecule has 1 aliphatic rings. The highest BCUT2D eigenvalue weighted by Gasteiger charge is 2.29. The number of nitrogens with one attached hydrogen (secondary N) is 3. The standard InChI is InChI=1S/C24H25N3O4S2/c1-15-3-9-20(10-4-15)27-33(30,31)21-13-14-32-22(21)24(29)25-16(2)17-7-11-19(12-8-17)26-23(28)18-5-6-18/h3-4,7-14,16,18,27H,5-6H2,1-2H3,(H,25,29)(H,26,28). The molecule has 3 N–H and O–H groups in total. The quantitative estimate of drug-likeness (QED) is 0.432. The second-order valence-electron chi connectivity index (χ2n) is 8.17. The summed E-state index contributed by atoms with van der Waals surface area (Å²) in [6.45, 7) is 3.74. The number of carbonyl (C=O) groups excluding carboxylic acids is 2. The van der Waals surface area contributed by atoms with Crippen molar-refractivity contribution in [1.82, 2.24) is 5.32 Å². The summed E-state index contributed by atoms with van der Waals surface area (Å²) in [4.78, 5) is 24.9. The summed E-state index contributed by atoms with van der Waals surface area (Å²) in [6.07, 6.45) is 1.88. The van der Waals surface area contributed by atoms with Crippen molar-refractivity contribution in [3.8, 4) is 0 Å². The van der Waals surface area contributed by atoms with Gasteiger partial charge in [0.1, 0.15) is 9.77 Å². The van der Waals surface area contributed by atoms with Gasteiger partial charge in [0, 0.05) is 17.3 Å². The van der Waals surface area contributed by atoms with E-state index in [4.69, 9.17) is 0 Å². The van der Waals surface area contributed by atoms with E-state index in [1.54, 1.807) is 29.6 Å².